The minimum absolute atomic E-state index is 0.645. The molecule has 3 nitrogen and oxygen atoms in total. The smallest absolute Gasteiger partial charge is 0.151 e. The third kappa shape index (κ3) is 1.50. The lowest BCUT2D eigenvalue weighted by molar-refractivity contribution is 0.112. The molecule has 0 spiro atoms. The molecule has 0 unspecified atom stereocenters. The van der Waals surface area contributed by atoms with Crippen molar-refractivity contribution in [1.82, 2.24) is 4.98 Å². The Kier molecular flexibility index (Phi) is 2.58. The molecule has 1 aromatic heterocycles. The lowest BCUT2D eigenvalue weighted by Gasteiger charge is -1.88. The number of aromatic amines is 1. The van der Waals surface area contributed by atoms with Crippen molar-refractivity contribution in [3.05, 3.63) is 30.0 Å². The van der Waals surface area contributed by atoms with E-state index in [-0.39, 0.29) is 0 Å². The highest BCUT2D eigenvalue weighted by Gasteiger charge is 2.02. The number of hydrogen-bond donors (Lipinski definition) is 1. The number of aldehydes is 1. The van der Waals surface area contributed by atoms with Gasteiger partial charge >= 0.3 is 0 Å². The summed E-state index contributed by atoms with van der Waals surface area (Å²) in [5, 5.41) is 0. The largest absolute Gasteiger partial charge is 0.346 e. The van der Waals surface area contributed by atoms with Gasteiger partial charge in [-0.15, -0.1) is 0 Å². The summed E-state index contributed by atoms with van der Waals surface area (Å²) in [5.41, 5.74) is 1.51. The number of allylic oxidation sites excluding steroid dienone is 1. The average Bonchev–Trinajstić information content (AvgIpc) is 2.43. The lowest BCUT2D eigenvalue weighted by Crippen LogP contribution is -1.76. The van der Waals surface area contributed by atoms with Crippen LogP contribution in [0.2, 0.25) is 0 Å². The van der Waals surface area contributed by atoms with Gasteiger partial charge in [0.05, 0.1) is 0 Å². The monoisotopic (exact) mass is 162 g/mol. The zero-order valence-corrected chi connectivity index (χ0v) is 6.87. The van der Waals surface area contributed by atoms with Crippen molar-refractivity contribution in [2.24, 2.45) is 4.99 Å². The molecule has 1 N–H and O–H groups in total. The van der Waals surface area contributed by atoms with Gasteiger partial charge in [-0.3, -0.25) is 4.79 Å². The number of nitrogens with zero attached hydrogens (tertiary/aromatic N) is 1. The summed E-state index contributed by atoms with van der Waals surface area (Å²) in [6.07, 6.45) is 5.60. The molecule has 1 heterocycles. The van der Waals surface area contributed by atoms with Gasteiger partial charge in [0, 0.05) is 23.5 Å². The highest BCUT2D eigenvalue weighted by molar-refractivity contribution is 5.81. The maximum atomic E-state index is 10.4. The molecule has 0 aliphatic rings. The van der Waals surface area contributed by atoms with Crippen molar-refractivity contribution in [2.45, 2.75) is 6.92 Å². The van der Waals surface area contributed by atoms with Gasteiger partial charge in [-0.2, -0.15) is 0 Å². The Hall–Kier alpha value is -1.64. The average molecular weight is 162 g/mol. The normalized spacial score (nSPS) is 10.4. The number of H-pyrrole nitrogens is 1. The molecule has 12 heavy (non-hydrogen) atoms. The zero-order chi connectivity index (χ0) is 8.97. The van der Waals surface area contributed by atoms with Crippen molar-refractivity contribution in [1.29, 1.82) is 0 Å². The van der Waals surface area contributed by atoms with Crippen LogP contribution in [0.3, 0.4) is 0 Å². The van der Waals surface area contributed by atoms with Gasteiger partial charge in [0.15, 0.2) is 6.29 Å². The minimum atomic E-state index is 0.645. The second-order valence-electron chi connectivity index (χ2n) is 2.35. The molecule has 62 valence electrons. The fourth-order valence-electron chi connectivity index (χ4n) is 0.883. The van der Waals surface area contributed by atoms with Gasteiger partial charge < -0.3 is 4.98 Å². The van der Waals surface area contributed by atoms with Crippen LogP contribution in [0.4, 0.5) is 5.82 Å². The first-order valence-corrected chi connectivity index (χ1v) is 3.58. The van der Waals surface area contributed by atoms with Gasteiger partial charge in [0.2, 0.25) is 0 Å². The predicted octanol–water partition coefficient (Wildman–Crippen LogP) is 2.02. The molecular weight excluding hydrogens is 152 g/mol. The molecular formula is C9H10N2O. The van der Waals surface area contributed by atoms with Gasteiger partial charge in [0.1, 0.15) is 5.82 Å². The van der Waals surface area contributed by atoms with Crippen molar-refractivity contribution >= 4 is 18.3 Å². The van der Waals surface area contributed by atoms with E-state index in [4.69, 9.17) is 0 Å². The Balaban J connectivity index is 3.01. The number of carbonyl (C=O) groups is 1. The van der Waals surface area contributed by atoms with E-state index in [2.05, 4.69) is 16.6 Å². The molecule has 0 radical (unpaired) electrons. The molecule has 0 fully saturated rings. The fraction of sp³-hybridized carbons (Fsp3) is 0.111. The van der Waals surface area contributed by atoms with Gasteiger partial charge in [-0.05, 0) is 6.92 Å². The van der Waals surface area contributed by atoms with Crippen molar-refractivity contribution in [3.8, 4) is 0 Å². The van der Waals surface area contributed by atoms with Crippen molar-refractivity contribution in [3.63, 3.8) is 0 Å². The zero-order valence-electron chi connectivity index (χ0n) is 6.87. The predicted molar refractivity (Wildman–Crippen MR) is 49.3 cm³/mol. The summed E-state index contributed by atoms with van der Waals surface area (Å²) in [6.45, 7) is 5.34. The Morgan fingerprint density at radius 3 is 2.92 bits per heavy atom. The highest BCUT2D eigenvalue weighted by Crippen LogP contribution is 2.18. The number of rotatable bonds is 3. The second-order valence-corrected chi connectivity index (χ2v) is 2.35. The lowest BCUT2D eigenvalue weighted by atomic mass is 10.2. The number of hydrogen-bond acceptors (Lipinski definition) is 2. The van der Waals surface area contributed by atoms with E-state index in [9.17, 15) is 4.79 Å². The van der Waals surface area contributed by atoms with Crippen molar-refractivity contribution in [2.75, 3.05) is 0 Å². The quantitative estimate of drug-likeness (QED) is 0.536. The molecule has 0 saturated carbocycles. The number of aliphatic imine (C=N–C) groups is 1. The Morgan fingerprint density at radius 1 is 1.67 bits per heavy atom. The standard InChI is InChI=1S/C9H10N2O/c1-3-4-10-9-7(2)8(6-12)5-11-9/h3-6,11H,1H2,2H3. The van der Waals surface area contributed by atoms with E-state index in [0.717, 1.165) is 11.8 Å². The first kappa shape index (κ1) is 8.46. The number of carbonyl (C=O) groups excluding carboxylic acids is 1. The number of nitrogens with one attached hydrogen (secondary N) is 1. The Morgan fingerprint density at radius 2 is 2.42 bits per heavy atom. The van der Waals surface area contributed by atoms with E-state index in [1.54, 1.807) is 18.5 Å². The minimum Gasteiger partial charge on any atom is -0.346 e. The third-order valence-corrected chi connectivity index (χ3v) is 1.59. The SMILES string of the molecule is C=CC=Nc1[nH]cc(C=O)c1C. The summed E-state index contributed by atoms with van der Waals surface area (Å²) < 4.78 is 0. The van der Waals surface area contributed by atoms with Crippen LogP contribution in [0.25, 0.3) is 0 Å². The van der Waals surface area contributed by atoms with E-state index >= 15 is 0 Å². The maximum absolute atomic E-state index is 10.4. The Labute approximate surface area is 70.8 Å². The first-order chi connectivity index (χ1) is 5.79. The molecule has 0 aliphatic heterocycles. The summed E-state index contributed by atoms with van der Waals surface area (Å²) in [6, 6.07) is 0. The van der Waals surface area contributed by atoms with Gasteiger partial charge in [-0.1, -0.05) is 12.7 Å². The van der Waals surface area contributed by atoms with Crippen LogP contribution in [0.5, 0.6) is 0 Å². The topological polar surface area (TPSA) is 45.2 Å². The van der Waals surface area contributed by atoms with Crippen LogP contribution in [-0.2, 0) is 0 Å². The summed E-state index contributed by atoms with van der Waals surface area (Å²) in [5.74, 6) is 0.706. The first-order valence-electron chi connectivity index (χ1n) is 3.58. The molecule has 0 atom stereocenters. The summed E-state index contributed by atoms with van der Waals surface area (Å²) >= 11 is 0. The molecule has 0 saturated heterocycles. The van der Waals surface area contributed by atoms with E-state index < -0.39 is 0 Å². The maximum Gasteiger partial charge on any atom is 0.151 e. The van der Waals surface area contributed by atoms with Crippen LogP contribution in [0.1, 0.15) is 15.9 Å². The molecule has 0 amide bonds. The van der Waals surface area contributed by atoms with Crippen LogP contribution in [0, 0.1) is 6.92 Å². The van der Waals surface area contributed by atoms with E-state index in [1.807, 2.05) is 6.92 Å². The summed E-state index contributed by atoms with van der Waals surface area (Å²) in [7, 11) is 0. The second kappa shape index (κ2) is 3.67. The van der Waals surface area contributed by atoms with Crippen LogP contribution in [0.15, 0.2) is 23.8 Å². The van der Waals surface area contributed by atoms with E-state index in [1.165, 1.54) is 0 Å². The molecule has 1 aromatic rings. The molecule has 3 heteroatoms. The number of aromatic nitrogens is 1. The highest BCUT2D eigenvalue weighted by atomic mass is 16.1. The van der Waals surface area contributed by atoms with Crippen molar-refractivity contribution < 1.29 is 4.79 Å². The molecule has 0 aliphatic carbocycles. The van der Waals surface area contributed by atoms with Crippen LogP contribution >= 0.6 is 0 Å². The summed E-state index contributed by atoms with van der Waals surface area (Å²) in [4.78, 5) is 17.3. The van der Waals surface area contributed by atoms with Crippen LogP contribution < -0.4 is 0 Å². The molecule has 1 rings (SSSR count). The molecule has 0 bridgehead atoms. The molecule has 0 aromatic carbocycles. The van der Waals surface area contributed by atoms with Gasteiger partial charge in [0.25, 0.3) is 0 Å². The van der Waals surface area contributed by atoms with Crippen LogP contribution in [-0.4, -0.2) is 17.5 Å². The fourth-order valence-corrected chi connectivity index (χ4v) is 0.883. The Bertz CT molecular complexity index is 323. The third-order valence-electron chi connectivity index (χ3n) is 1.59. The van der Waals surface area contributed by atoms with Gasteiger partial charge in [-0.25, -0.2) is 4.99 Å². The van der Waals surface area contributed by atoms with E-state index in [0.29, 0.717) is 11.4 Å².